The molecule has 6 heteroatoms. The van der Waals surface area contributed by atoms with E-state index in [2.05, 4.69) is 12.2 Å². The average molecular weight is 264 g/mol. The van der Waals surface area contributed by atoms with Crippen molar-refractivity contribution in [3.8, 4) is 0 Å². The van der Waals surface area contributed by atoms with Gasteiger partial charge < -0.3 is 10.4 Å². The molecule has 0 bridgehead atoms. The van der Waals surface area contributed by atoms with Gasteiger partial charge in [0.25, 0.3) is 0 Å². The van der Waals surface area contributed by atoms with Crippen molar-refractivity contribution >= 4 is 10.0 Å². The summed E-state index contributed by atoms with van der Waals surface area (Å²) in [5.74, 6) is 0.138. The minimum atomic E-state index is -3.09. The summed E-state index contributed by atoms with van der Waals surface area (Å²) >= 11 is 0. The Hall–Kier alpha value is -0.170. The number of piperidine rings is 1. The number of nitrogens with zero attached hydrogens (tertiary/aromatic N) is 1. The smallest absolute Gasteiger partial charge is 0.213 e. The normalized spacial score (nSPS) is 21.6. The molecule has 1 aliphatic heterocycles. The molecule has 0 aromatic rings. The van der Waals surface area contributed by atoms with Crippen LogP contribution < -0.4 is 5.32 Å². The molecule has 2 N–H and O–H groups in total. The zero-order valence-corrected chi connectivity index (χ0v) is 11.6. The minimum Gasteiger partial charge on any atom is -0.388 e. The van der Waals surface area contributed by atoms with Crippen LogP contribution in [0.4, 0.5) is 0 Å². The van der Waals surface area contributed by atoms with Gasteiger partial charge in [0.15, 0.2) is 0 Å². The summed E-state index contributed by atoms with van der Waals surface area (Å²) in [6.45, 7) is 6.04. The Balaban J connectivity index is 2.44. The molecule has 102 valence electrons. The van der Waals surface area contributed by atoms with Crippen molar-refractivity contribution in [2.75, 3.05) is 31.9 Å². The monoisotopic (exact) mass is 264 g/mol. The molecule has 1 aliphatic rings. The maximum atomic E-state index is 11.7. The summed E-state index contributed by atoms with van der Waals surface area (Å²) in [5, 5.41) is 13.5. The first-order valence-electron chi connectivity index (χ1n) is 6.34. The number of aliphatic hydroxyl groups is 1. The van der Waals surface area contributed by atoms with Crippen LogP contribution in [0.25, 0.3) is 0 Å². The second kappa shape index (κ2) is 6.13. The minimum absolute atomic E-state index is 0.138. The molecule has 0 aliphatic carbocycles. The first-order valence-corrected chi connectivity index (χ1v) is 7.95. The Morgan fingerprint density at radius 1 is 1.29 bits per heavy atom. The molecule has 1 fully saturated rings. The van der Waals surface area contributed by atoms with Crippen LogP contribution in [0.15, 0.2) is 0 Å². The van der Waals surface area contributed by atoms with Gasteiger partial charge in [-0.15, -0.1) is 0 Å². The predicted octanol–water partition coefficient (Wildman–Crippen LogP) is 0.163. The highest BCUT2D eigenvalue weighted by molar-refractivity contribution is 7.89. The van der Waals surface area contributed by atoms with Gasteiger partial charge in [-0.05, 0) is 32.7 Å². The molecule has 0 amide bonds. The van der Waals surface area contributed by atoms with Crippen LogP contribution in [-0.4, -0.2) is 55.4 Å². The molecule has 17 heavy (non-hydrogen) atoms. The fourth-order valence-corrected chi connectivity index (χ4v) is 3.14. The van der Waals surface area contributed by atoms with E-state index in [-0.39, 0.29) is 5.75 Å². The maximum Gasteiger partial charge on any atom is 0.213 e. The van der Waals surface area contributed by atoms with E-state index in [4.69, 9.17) is 0 Å². The molecular formula is C11H24N2O3S. The largest absolute Gasteiger partial charge is 0.388 e. The van der Waals surface area contributed by atoms with E-state index in [1.54, 1.807) is 6.92 Å². The van der Waals surface area contributed by atoms with E-state index in [1.165, 1.54) is 4.31 Å². The quantitative estimate of drug-likeness (QED) is 0.671. The van der Waals surface area contributed by atoms with Crippen molar-refractivity contribution in [1.29, 1.82) is 0 Å². The van der Waals surface area contributed by atoms with Crippen LogP contribution >= 0.6 is 0 Å². The number of nitrogens with one attached hydrogen (secondary N) is 1. The Kier molecular flexibility index (Phi) is 5.37. The van der Waals surface area contributed by atoms with Crippen molar-refractivity contribution in [2.45, 2.75) is 38.7 Å². The summed E-state index contributed by atoms with van der Waals surface area (Å²) in [4.78, 5) is 0. The topological polar surface area (TPSA) is 69.6 Å². The summed E-state index contributed by atoms with van der Waals surface area (Å²) in [5.41, 5.74) is -0.741. The second-order valence-corrected chi connectivity index (χ2v) is 6.96. The maximum absolute atomic E-state index is 11.7. The van der Waals surface area contributed by atoms with Gasteiger partial charge in [0.05, 0.1) is 11.4 Å². The fraction of sp³-hybridized carbons (Fsp3) is 1.00. The molecule has 0 aromatic carbocycles. The van der Waals surface area contributed by atoms with Crippen molar-refractivity contribution < 1.29 is 13.5 Å². The SMILES string of the molecule is CCCNCC1(O)CCN(S(=O)(=O)CC)CC1. The molecule has 0 unspecified atom stereocenters. The van der Waals surface area contributed by atoms with E-state index >= 15 is 0 Å². The van der Waals surface area contributed by atoms with Crippen LogP contribution in [0, 0.1) is 0 Å². The Bertz CT molecular complexity index is 322. The fourth-order valence-electron chi connectivity index (χ4n) is 2.04. The van der Waals surface area contributed by atoms with Crippen LogP contribution in [0.2, 0.25) is 0 Å². The van der Waals surface area contributed by atoms with E-state index in [1.807, 2.05) is 0 Å². The molecule has 0 aromatic heterocycles. The third-order valence-corrected chi connectivity index (χ3v) is 5.17. The zero-order valence-electron chi connectivity index (χ0n) is 10.8. The molecule has 1 heterocycles. The van der Waals surface area contributed by atoms with Crippen molar-refractivity contribution in [1.82, 2.24) is 9.62 Å². The highest BCUT2D eigenvalue weighted by atomic mass is 32.2. The number of rotatable bonds is 6. The van der Waals surface area contributed by atoms with Crippen LogP contribution in [0.1, 0.15) is 33.1 Å². The third-order valence-electron chi connectivity index (χ3n) is 3.29. The Morgan fingerprint density at radius 3 is 2.35 bits per heavy atom. The van der Waals surface area contributed by atoms with Gasteiger partial charge in [0.2, 0.25) is 10.0 Å². The molecule has 0 spiro atoms. The van der Waals surface area contributed by atoms with Crippen LogP contribution in [0.3, 0.4) is 0 Å². The standard InChI is InChI=1S/C11H24N2O3S/c1-3-7-12-10-11(14)5-8-13(9-6-11)17(15,16)4-2/h12,14H,3-10H2,1-2H3. The lowest BCUT2D eigenvalue weighted by molar-refractivity contribution is -0.00364. The number of hydrogen-bond acceptors (Lipinski definition) is 4. The Labute approximate surface area is 104 Å². The van der Waals surface area contributed by atoms with E-state index in [0.29, 0.717) is 32.5 Å². The van der Waals surface area contributed by atoms with Gasteiger partial charge in [0, 0.05) is 19.6 Å². The lowest BCUT2D eigenvalue weighted by atomic mass is 9.92. The van der Waals surface area contributed by atoms with Gasteiger partial charge in [-0.3, -0.25) is 0 Å². The summed E-state index contributed by atoms with van der Waals surface area (Å²) in [6.07, 6.45) is 2.07. The molecular weight excluding hydrogens is 240 g/mol. The second-order valence-electron chi connectivity index (χ2n) is 4.70. The van der Waals surface area contributed by atoms with Crippen molar-refractivity contribution in [3.63, 3.8) is 0 Å². The molecule has 1 saturated heterocycles. The third kappa shape index (κ3) is 4.21. The molecule has 0 saturated carbocycles. The van der Waals surface area contributed by atoms with E-state index in [0.717, 1.165) is 13.0 Å². The molecule has 1 rings (SSSR count). The lowest BCUT2D eigenvalue weighted by Gasteiger charge is -2.37. The van der Waals surface area contributed by atoms with Gasteiger partial charge in [-0.1, -0.05) is 6.92 Å². The highest BCUT2D eigenvalue weighted by Crippen LogP contribution is 2.23. The van der Waals surface area contributed by atoms with Gasteiger partial charge in [0.1, 0.15) is 0 Å². The Morgan fingerprint density at radius 2 is 1.88 bits per heavy atom. The first kappa shape index (κ1) is 14.9. The zero-order chi connectivity index (χ0) is 12.9. The molecule has 0 atom stereocenters. The summed E-state index contributed by atoms with van der Waals surface area (Å²) in [7, 11) is -3.09. The van der Waals surface area contributed by atoms with Crippen molar-refractivity contribution in [3.05, 3.63) is 0 Å². The molecule has 5 nitrogen and oxygen atoms in total. The highest BCUT2D eigenvalue weighted by Gasteiger charge is 2.35. The molecule has 0 radical (unpaired) electrons. The summed E-state index contributed by atoms with van der Waals surface area (Å²) < 4.78 is 24.8. The van der Waals surface area contributed by atoms with Crippen LogP contribution in [0.5, 0.6) is 0 Å². The number of sulfonamides is 1. The average Bonchev–Trinajstić information content (AvgIpc) is 2.30. The van der Waals surface area contributed by atoms with Gasteiger partial charge >= 0.3 is 0 Å². The van der Waals surface area contributed by atoms with Gasteiger partial charge in [-0.25, -0.2) is 12.7 Å². The van der Waals surface area contributed by atoms with Gasteiger partial charge in [-0.2, -0.15) is 0 Å². The van der Waals surface area contributed by atoms with E-state index < -0.39 is 15.6 Å². The number of hydrogen-bond donors (Lipinski definition) is 2. The summed E-state index contributed by atoms with van der Waals surface area (Å²) in [6, 6.07) is 0. The lowest BCUT2D eigenvalue weighted by Crippen LogP contribution is -2.51. The predicted molar refractivity (Wildman–Crippen MR) is 68.4 cm³/mol. The first-order chi connectivity index (χ1) is 7.93. The van der Waals surface area contributed by atoms with Crippen molar-refractivity contribution in [2.24, 2.45) is 0 Å². The van der Waals surface area contributed by atoms with E-state index in [9.17, 15) is 13.5 Å². The van der Waals surface area contributed by atoms with Crippen LogP contribution in [-0.2, 0) is 10.0 Å².